The molecule has 1 aromatic carbocycles. The Hall–Kier alpha value is -2.16. The van der Waals surface area contributed by atoms with E-state index < -0.39 is 23.6 Å². The second kappa shape index (κ2) is 7.16. The third-order valence-corrected chi connectivity index (χ3v) is 3.97. The van der Waals surface area contributed by atoms with Crippen molar-refractivity contribution in [1.29, 1.82) is 0 Å². The summed E-state index contributed by atoms with van der Waals surface area (Å²) in [4.78, 5) is 25.6. The lowest BCUT2D eigenvalue weighted by Gasteiger charge is -2.35. The number of hydrogen-bond acceptors (Lipinski definition) is 4. The molecule has 1 aromatic rings. The van der Waals surface area contributed by atoms with Crippen LogP contribution in [-0.4, -0.2) is 59.5 Å². The summed E-state index contributed by atoms with van der Waals surface area (Å²) in [6.07, 6.45) is -3.79. The van der Waals surface area contributed by atoms with Crippen molar-refractivity contribution in [2.45, 2.75) is 19.5 Å². The molecule has 9 heteroatoms. The quantitative estimate of drug-likeness (QED) is 0.621. The van der Waals surface area contributed by atoms with Crippen LogP contribution in [0, 0.1) is 10.1 Å². The smallest absolute Gasteiger partial charge is 0.336 e. The topological polar surface area (TPSA) is 66.7 Å². The third kappa shape index (κ3) is 4.44. The number of halogens is 3. The van der Waals surface area contributed by atoms with E-state index >= 15 is 0 Å². The fourth-order valence-corrected chi connectivity index (χ4v) is 2.71. The number of carbonyl (C=O) groups excluding carboxylic acids is 1. The molecule has 0 atom stereocenters. The van der Waals surface area contributed by atoms with Gasteiger partial charge in [-0.25, -0.2) is 0 Å². The predicted octanol–water partition coefficient (Wildman–Crippen LogP) is 2.48. The van der Waals surface area contributed by atoms with E-state index in [9.17, 15) is 28.1 Å². The molecule has 1 aliphatic rings. The summed E-state index contributed by atoms with van der Waals surface area (Å²) in [5.74, 6) is -0.396. The first-order chi connectivity index (χ1) is 11.2. The monoisotopic (exact) mass is 345 g/mol. The van der Waals surface area contributed by atoms with Crippen molar-refractivity contribution < 1.29 is 22.9 Å². The Balaban J connectivity index is 2.05. The van der Waals surface area contributed by atoms with Gasteiger partial charge in [0.2, 0.25) is 0 Å². The Morgan fingerprint density at radius 3 is 2.38 bits per heavy atom. The van der Waals surface area contributed by atoms with Crippen molar-refractivity contribution in [2.24, 2.45) is 0 Å². The maximum absolute atomic E-state index is 12.4. The molecule has 2 rings (SSSR count). The van der Waals surface area contributed by atoms with E-state index in [1.807, 2.05) is 0 Å². The van der Waals surface area contributed by atoms with Crippen LogP contribution in [0.3, 0.4) is 0 Å². The molecular formula is C15H18F3N3O3. The summed E-state index contributed by atoms with van der Waals surface area (Å²) in [5, 5.41) is 11.1. The van der Waals surface area contributed by atoms with Crippen LogP contribution < -0.4 is 0 Å². The minimum Gasteiger partial charge on any atom is -0.336 e. The summed E-state index contributed by atoms with van der Waals surface area (Å²) < 4.78 is 37.1. The highest BCUT2D eigenvalue weighted by atomic mass is 19.4. The number of amides is 1. The number of benzene rings is 1. The minimum atomic E-state index is -4.26. The summed E-state index contributed by atoms with van der Waals surface area (Å²) in [5.41, 5.74) is 0.605. The highest BCUT2D eigenvalue weighted by molar-refractivity contribution is 5.95. The van der Waals surface area contributed by atoms with Crippen LogP contribution >= 0.6 is 0 Å². The van der Waals surface area contributed by atoms with Gasteiger partial charge in [0.05, 0.1) is 11.5 Å². The Morgan fingerprint density at radius 2 is 1.88 bits per heavy atom. The predicted molar refractivity (Wildman–Crippen MR) is 80.9 cm³/mol. The van der Waals surface area contributed by atoms with Crippen LogP contribution in [0.4, 0.5) is 18.9 Å². The van der Waals surface area contributed by atoms with Gasteiger partial charge in [0, 0.05) is 43.4 Å². The molecule has 0 spiro atoms. The lowest BCUT2D eigenvalue weighted by molar-refractivity contribution is -0.385. The van der Waals surface area contributed by atoms with Gasteiger partial charge >= 0.3 is 6.18 Å². The first-order valence-corrected chi connectivity index (χ1v) is 7.57. The van der Waals surface area contributed by atoms with Gasteiger partial charge in [-0.15, -0.1) is 0 Å². The summed E-state index contributed by atoms with van der Waals surface area (Å²) in [7, 11) is 0. The van der Waals surface area contributed by atoms with Crippen molar-refractivity contribution in [3.63, 3.8) is 0 Å². The van der Waals surface area contributed by atoms with Gasteiger partial charge in [0.25, 0.3) is 11.6 Å². The van der Waals surface area contributed by atoms with Crippen LogP contribution in [0.5, 0.6) is 0 Å². The van der Waals surface area contributed by atoms with Crippen LogP contribution in [0.1, 0.15) is 22.8 Å². The molecule has 0 unspecified atom stereocenters. The minimum absolute atomic E-state index is 0.112. The van der Waals surface area contributed by atoms with E-state index in [1.54, 1.807) is 13.0 Å². The number of rotatable bonds is 4. The van der Waals surface area contributed by atoms with Gasteiger partial charge in [-0.1, -0.05) is 13.0 Å². The molecule has 0 aromatic heterocycles. The number of nitrogens with zero attached hydrogens (tertiary/aromatic N) is 3. The summed E-state index contributed by atoms with van der Waals surface area (Å²) >= 11 is 0. The highest BCUT2D eigenvalue weighted by Crippen LogP contribution is 2.23. The van der Waals surface area contributed by atoms with E-state index in [2.05, 4.69) is 0 Å². The second-order valence-corrected chi connectivity index (χ2v) is 5.64. The average molecular weight is 345 g/mol. The van der Waals surface area contributed by atoms with Crippen molar-refractivity contribution in [2.75, 3.05) is 32.7 Å². The Bertz CT molecular complexity index is 626. The number of nitro benzene ring substituents is 1. The molecule has 1 aliphatic heterocycles. The van der Waals surface area contributed by atoms with Crippen molar-refractivity contribution >= 4 is 11.6 Å². The highest BCUT2D eigenvalue weighted by Gasteiger charge is 2.33. The van der Waals surface area contributed by atoms with E-state index in [1.165, 1.54) is 21.9 Å². The Morgan fingerprint density at radius 1 is 1.25 bits per heavy atom. The largest absolute Gasteiger partial charge is 0.401 e. The summed E-state index contributed by atoms with van der Waals surface area (Å²) in [6, 6.07) is 4.31. The van der Waals surface area contributed by atoms with Gasteiger partial charge in [0.15, 0.2) is 0 Å². The molecule has 1 heterocycles. The molecule has 1 fully saturated rings. The zero-order chi connectivity index (χ0) is 17.9. The molecular weight excluding hydrogens is 327 g/mol. The maximum Gasteiger partial charge on any atom is 0.401 e. The molecule has 132 valence electrons. The van der Waals surface area contributed by atoms with Gasteiger partial charge in [0.1, 0.15) is 0 Å². The fraction of sp³-hybridized carbons (Fsp3) is 0.533. The Labute approximate surface area is 137 Å². The molecule has 0 N–H and O–H groups in total. The van der Waals surface area contributed by atoms with E-state index in [0.717, 1.165) is 0 Å². The van der Waals surface area contributed by atoms with E-state index in [-0.39, 0.29) is 37.4 Å². The van der Waals surface area contributed by atoms with Gasteiger partial charge in [-0.2, -0.15) is 13.2 Å². The number of hydrogen-bond donors (Lipinski definition) is 0. The first-order valence-electron chi connectivity index (χ1n) is 7.57. The van der Waals surface area contributed by atoms with Crippen molar-refractivity contribution in [3.05, 3.63) is 39.4 Å². The molecule has 6 nitrogen and oxygen atoms in total. The SMILES string of the molecule is CCc1ccc(C(=O)N2CCN(CC(F)(F)F)CC2)cc1[N+](=O)[O-]. The van der Waals surface area contributed by atoms with Crippen LogP contribution in [-0.2, 0) is 6.42 Å². The van der Waals surface area contributed by atoms with Crippen LogP contribution in [0.15, 0.2) is 18.2 Å². The molecule has 0 bridgehead atoms. The molecule has 0 radical (unpaired) electrons. The third-order valence-electron chi connectivity index (χ3n) is 3.97. The van der Waals surface area contributed by atoms with Gasteiger partial charge < -0.3 is 4.90 Å². The average Bonchev–Trinajstić information content (AvgIpc) is 2.52. The molecule has 0 saturated carbocycles. The lowest BCUT2D eigenvalue weighted by atomic mass is 10.1. The van der Waals surface area contributed by atoms with Crippen molar-refractivity contribution in [3.8, 4) is 0 Å². The van der Waals surface area contributed by atoms with E-state index in [4.69, 9.17) is 0 Å². The number of piperazine rings is 1. The zero-order valence-corrected chi connectivity index (χ0v) is 13.2. The number of aryl methyl sites for hydroxylation is 1. The van der Waals surface area contributed by atoms with Gasteiger partial charge in [-0.05, 0) is 12.5 Å². The Kier molecular flexibility index (Phi) is 5.43. The van der Waals surface area contributed by atoms with Crippen LogP contribution in [0.25, 0.3) is 0 Å². The first kappa shape index (κ1) is 18.2. The number of nitro groups is 1. The summed E-state index contributed by atoms with van der Waals surface area (Å²) in [6.45, 7) is 1.37. The standard InChI is InChI=1S/C15H18F3N3O3/c1-2-11-3-4-12(9-13(11)21(23)24)14(22)20-7-5-19(6-8-20)10-15(16,17)18/h3-4,9H,2,5-8,10H2,1H3. The number of alkyl halides is 3. The van der Waals surface area contributed by atoms with Crippen LogP contribution in [0.2, 0.25) is 0 Å². The molecule has 1 amide bonds. The molecule has 1 saturated heterocycles. The molecule has 24 heavy (non-hydrogen) atoms. The lowest BCUT2D eigenvalue weighted by Crippen LogP contribution is -2.50. The number of carbonyl (C=O) groups is 1. The maximum atomic E-state index is 12.4. The van der Waals surface area contributed by atoms with E-state index in [0.29, 0.717) is 12.0 Å². The second-order valence-electron chi connectivity index (χ2n) is 5.64. The van der Waals surface area contributed by atoms with Gasteiger partial charge in [-0.3, -0.25) is 19.8 Å². The van der Waals surface area contributed by atoms with Crippen molar-refractivity contribution in [1.82, 2.24) is 9.80 Å². The zero-order valence-electron chi connectivity index (χ0n) is 13.2. The fourth-order valence-electron chi connectivity index (χ4n) is 2.71. The normalized spacial score (nSPS) is 16.2. The molecule has 0 aliphatic carbocycles.